The highest BCUT2D eigenvalue weighted by atomic mass is 32.2. The molecule has 1 rings (SSSR count). The molecule has 1 saturated heterocycles. The highest BCUT2D eigenvalue weighted by Gasteiger charge is 2.29. The Kier molecular flexibility index (Phi) is 3.87. The first kappa shape index (κ1) is 10.4. The summed E-state index contributed by atoms with van der Waals surface area (Å²) >= 11 is 2.05. The Hall–Kier alpha value is 0.270. The number of nitrogens with zero attached hydrogens (tertiary/aromatic N) is 1. The second-order valence-electron chi connectivity index (χ2n) is 3.65. The molecule has 0 aromatic carbocycles. The SMILES string of the molecule is CCC(C)(CN)N1CCSCC1. The van der Waals surface area contributed by atoms with E-state index in [0.717, 1.165) is 13.0 Å². The Morgan fingerprint density at radius 2 is 2.00 bits per heavy atom. The van der Waals surface area contributed by atoms with Crippen molar-refractivity contribution in [1.29, 1.82) is 0 Å². The summed E-state index contributed by atoms with van der Waals surface area (Å²) in [7, 11) is 0. The summed E-state index contributed by atoms with van der Waals surface area (Å²) in [4.78, 5) is 2.55. The fourth-order valence-corrected chi connectivity index (χ4v) is 2.50. The zero-order chi connectivity index (χ0) is 9.03. The molecule has 1 fully saturated rings. The van der Waals surface area contributed by atoms with Crippen molar-refractivity contribution in [3.8, 4) is 0 Å². The highest BCUT2D eigenvalue weighted by Crippen LogP contribution is 2.22. The van der Waals surface area contributed by atoms with Gasteiger partial charge >= 0.3 is 0 Å². The zero-order valence-electron chi connectivity index (χ0n) is 8.18. The minimum atomic E-state index is 0.251. The van der Waals surface area contributed by atoms with Crippen LogP contribution in [0.5, 0.6) is 0 Å². The molecule has 2 nitrogen and oxygen atoms in total. The van der Waals surface area contributed by atoms with Gasteiger partial charge in [-0.3, -0.25) is 4.90 Å². The van der Waals surface area contributed by atoms with Crippen LogP contribution in [0.25, 0.3) is 0 Å². The molecule has 72 valence electrons. The normalized spacial score (nSPS) is 25.2. The van der Waals surface area contributed by atoms with E-state index in [4.69, 9.17) is 5.73 Å². The van der Waals surface area contributed by atoms with E-state index in [2.05, 4.69) is 30.5 Å². The van der Waals surface area contributed by atoms with Gasteiger partial charge in [0.1, 0.15) is 0 Å². The molecule has 0 radical (unpaired) electrons. The molecule has 0 aromatic rings. The number of rotatable bonds is 3. The van der Waals surface area contributed by atoms with Gasteiger partial charge in [-0.1, -0.05) is 6.92 Å². The summed E-state index contributed by atoms with van der Waals surface area (Å²) < 4.78 is 0. The third-order valence-corrected chi connectivity index (χ3v) is 3.92. The summed E-state index contributed by atoms with van der Waals surface area (Å²) in [5.41, 5.74) is 6.05. The van der Waals surface area contributed by atoms with Crippen molar-refractivity contribution in [3.05, 3.63) is 0 Å². The topological polar surface area (TPSA) is 29.3 Å². The van der Waals surface area contributed by atoms with Gasteiger partial charge in [0.15, 0.2) is 0 Å². The van der Waals surface area contributed by atoms with Crippen molar-refractivity contribution in [2.24, 2.45) is 5.73 Å². The summed E-state index contributed by atoms with van der Waals surface area (Å²) in [6.07, 6.45) is 1.16. The molecule has 3 heteroatoms. The number of hydrogen-bond acceptors (Lipinski definition) is 3. The second-order valence-corrected chi connectivity index (χ2v) is 4.88. The van der Waals surface area contributed by atoms with Crippen molar-refractivity contribution in [2.45, 2.75) is 25.8 Å². The molecule has 1 aliphatic heterocycles. The van der Waals surface area contributed by atoms with Crippen LogP contribution in [0.4, 0.5) is 0 Å². The molecule has 0 bridgehead atoms. The molecule has 0 aromatic heterocycles. The van der Waals surface area contributed by atoms with Gasteiger partial charge in [0.05, 0.1) is 0 Å². The first-order valence-corrected chi connectivity index (χ1v) is 5.91. The zero-order valence-corrected chi connectivity index (χ0v) is 8.99. The van der Waals surface area contributed by atoms with Crippen molar-refractivity contribution in [3.63, 3.8) is 0 Å². The molecule has 1 atom stereocenters. The van der Waals surface area contributed by atoms with E-state index in [1.54, 1.807) is 0 Å². The molecule has 0 saturated carbocycles. The molecule has 1 aliphatic rings. The van der Waals surface area contributed by atoms with Crippen molar-refractivity contribution >= 4 is 11.8 Å². The summed E-state index contributed by atoms with van der Waals surface area (Å²) in [6.45, 7) is 7.73. The lowest BCUT2D eigenvalue weighted by atomic mass is 9.96. The largest absolute Gasteiger partial charge is 0.329 e. The summed E-state index contributed by atoms with van der Waals surface area (Å²) in [5, 5.41) is 0. The summed E-state index contributed by atoms with van der Waals surface area (Å²) in [6, 6.07) is 0. The van der Waals surface area contributed by atoms with Crippen molar-refractivity contribution < 1.29 is 0 Å². The first-order valence-electron chi connectivity index (χ1n) is 4.76. The highest BCUT2D eigenvalue weighted by molar-refractivity contribution is 7.99. The van der Waals surface area contributed by atoms with E-state index in [9.17, 15) is 0 Å². The molecular weight excluding hydrogens is 168 g/mol. The molecule has 12 heavy (non-hydrogen) atoms. The van der Waals surface area contributed by atoms with Gasteiger partial charge in [0, 0.05) is 36.7 Å². The van der Waals surface area contributed by atoms with Gasteiger partial charge in [-0.25, -0.2) is 0 Å². The van der Waals surface area contributed by atoms with Crippen molar-refractivity contribution in [2.75, 3.05) is 31.1 Å². The minimum Gasteiger partial charge on any atom is -0.329 e. The lowest BCUT2D eigenvalue weighted by Gasteiger charge is -2.42. The maximum atomic E-state index is 5.80. The van der Waals surface area contributed by atoms with E-state index >= 15 is 0 Å². The van der Waals surface area contributed by atoms with Gasteiger partial charge in [0.2, 0.25) is 0 Å². The van der Waals surface area contributed by atoms with Gasteiger partial charge in [-0.2, -0.15) is 11.8 Å². The third-order valence-electron chi connectivity index (χ3n) is 2.98. The predicted molar refractivity (Wildman–Crippen MR) is 56.6 cm³/mol. The maximum absolute atomic E-state index is 5.80. The van der Waals surface area contributed by atoms with Crippen LogP contribution in [0.3, 0.4) is 0 Å². The van der Waals surface area contributed by atoms with Gasteiger partial charge < -0.3 is 5.73 Å². The number of nitrogens with two attached hydrogens (primary N) is 1. The summed E-state index contributed by atoms with van der Waals surface area (Å²) in [5.74, 6) is 2.55. The molecular formula is C9H20N2S. The van der Waals surface area contributed by atoms with E-state index in [1.165, 1.54) is 24.6 Å². The van der Waals surface area contributed by atoms with Gasteiger partial charge in [-0.15, -0.1) is 0 Å². The Bertz CT molecular complexity index is 128. The number of thioether (sulfide) groups is 1. The molecule has 0 amide bonds. The van der Waals surface area contributed by atoms with Crippen LogP contribution in [0.1, 0.15) is 20.3 Å². The Balaban J connectivity index is 2.51. The van der Waals surface area contributed by atoms with Crippen LogP contribution in [-0.4, -0.2) is 41.6 Å². The lowest BCUT2D eigenvalue weighted by Crippen LogP contribution is -2.54. The fraction of sp³-hybridized carbons (Fsp3) is 1.00. The standard InChI is InChI=1S/C9H20N2S/c1-3-9(2,8-10)11-4-6-12-7-5-11/h3-8,10H2,1-2H3. The molecule has 1 heterocycles. The van der Waals surface area contributed by atoms with Gasteiger partial charge in [0.25, 0.3) is 0 Å². The van der Waals surface area contributed by atoms with Crippen molar-refractivity contribution in [1.82, 2.24) is 4.90 Å². The minimum absolute atomic E-state index is 0.251. The fourth-order valence-electron chi connectivity index (χ4n) is 1.60. The lowest BCUT2D eigenvalue weighted by molar-refractivity contribution is 0.119. The Labute approximate surface area is 79.9 Å². The smallest absolute Gasteiger partial charge is 0.0301 e. The molecule has 1 unspecified atom stereocenters. The molecule has 2 N–H and O–H groups in total. The van der Waals surface area contributed by atoms with Crippen LogP contribution >= 0.6 is 11.8 Å². The maximum Gasteiger partial charge on any atom is 0.0301 e. The Morgan fingerprint density at radius 3 is 2.42 bits per heavy atom. The second kappa shape index (κ2) is 4.49. The average molecular weight is 188 g/mol. The quantitative estimate of drug-likeness (QED) is 0.721. The predicted octanol–water partition coefficient (Wildman–Crippen LogP) is 1.16. The van der Waals surface area contributed by atoms with Crippen LogP contribution in [0.2, 0.25) is 0 Å². The van der Waals surface area contributed by atoms with E-state index < -0.39 is 0 Å². The molecule has 0 aliphatic carbocycles. The van der Waals surface area contributed by atoms with E-state index in [-0.39, 0.29) is 5.54 Å². The van der Waals surface area contributed by atoms with E-state index in [0.29, 0.717) is 0 Å². The van der Waals surface area contributed by atoms with Crippen LogP contribution < -0.4 is 5.73 Å². The Morgan fingerprint density at radius 1 is 1.42 bits per heavy atom. The monoisotopic (exact) mass is 188 g/mol. The average Bonchev–Trinajstić information content (AvgIpc) is 2.18. The van der Waals surface area contributed by atoms with Crippen LogP contribution in [-0.2, 0) is 0 Å². The molecule has 0 spiro atoms. The van der Waals surface area contributed by atoms with E-state index in [1.807, 2.05) is 0 Å². The van der Waals surface area contributed by atoms with Crippen LogP contribution in [0.15, 0.2) is 0 Å². The number of hydrogen-bond donors (Lipinski definition) is 1. The third kappa shape index (κ3) is 2.15. The first-order chi connectivity index (χ1) is 5.73. The van der Waals surface area contributed by atoms with Crippen LogP contribution in [0, 0.1) is 0 Å². The van der Waals surface area contributed by atoms with Gasteiger partial charge in [-0.05, 0) is 13.3 Å².